The molecule has 0 bridgehead atoms. The Morgan fingerprint density at radius 2 is 1.83 bits per heavy atom. The summed E-state index contributed by atoms with van der Waals surface area (Å²) in [5.74, 6) is 0.118. The van der Waals surface area contributed by atoms with E-state index in [0.29, 0.717) is 12.3 Å². The second-order valence-corrected chi connectivity index (χ2v) is 5.54. The molecule has 0 atom stereocenters. The highest BCUT2D eigenvalue weighted by Crippen LogP contribution is 2.07. The van der Waals surface area contributed by atoms with Crippen LogP contribution in [0.25, 0.3) is 0 Å². The summed E-state index contributed by atoms with van der Waals surface area (Å²) in [6, 6.07) is 9.08. The van der Waals surface area contributed by atoms with E-state index in [1.54, 1.807) is 12.1 Å². The molecule has 0 aliphatic carbocycles. The summed E-state index contributed by atoms with van der Waals surface area (Å²) in [5, 5.41) is 5.34. The first-order valence-corrected chi connectivity index (χ1v) is 8.25. The van der Waals surface area contributed by atoms with Gasteiger partial charge in [0.15, 0.2) is 6.61 Å². The van der Waals surface area contributed by atoms with Crippen LogP contribution in [0.5, 0.6) is 5.75 Å². The van der Waals surface area contributed by atoms with Gasteiger partial charge in [0, 0.05) is 19.6 Å². The van der Waals surface area contributed by atoms with Crippen LogP contribution in [0.2, 0.25) is 0 Å². The molecule has 1 aliphatic heterocycles. The maximum Gasteiger partial charge on any atom is 0.258 e. The van der Waals surface area contributed by atoms with E-state index in [1.807, 2.05) is 18.2 Å². The number of ether oxygens (including phenoxy) is 2. The zero-order chi connectivity index (χ0) is 17.0. The van der Waals surface area contributed by atoms with Crippen LogP contribution >= 0.6 is 0 Å². The van der Waals surface area contributed by atoms with Gasteiger partial charge in [0.2, 0.25) is 5.91 Å². The quantitative estimate of drug-likeness (QED) is 0.622. The third-order valence-corrected chi connectivity index (χ3v) is 3.64. The first kappa shape index (κ1) is 18.2. The average molecular weight is 335 g/mol. The molecule has 2 N–H and O–H groups in total. The van der Waals surface area contributed by atoms with E-state index in [1.165, 1.54) is 0 Å². The lowest BCUT2D eigenvalue weighted by atomic mass is 10.3. The minimum atomic E-state index is -0.317. The van der Waals surface area contributed by atoms with Gasteiger partial charge in [-0.3, -0.25) is 14.5 Å². The largest absolute Gasteiger partial charge is 0.484 e. The summed E-state index contributed by atoms with van der Waals surface area (Å²) < 4.78 is 10.6. The Balaban J connectivity index is 1.48. The molecule has 7 nitrogen and oxygen atoms in total. The number of hydrogen-bond acceptors (Lipinski definition) is 5. The second kappa shape index (κ2) is 10.6. The lowest BCUT2D eigenvalue weighted by Gasteiger charge is -2.26. The summed E-state index contributed by atoms with van der Waals surface area (Å²) in [5.41, 5.74) is 0. The molecule has 1 fully saturated rings. The molecule has 24 heavy (non-hydrogen) atoms. The molecule has 1 aliphatic rings. The smallest absolute Gasteiger partial charge is 0.258 e. The first-order valence-electron chi connectivity index (χ1n) is 8.25. The second-order valence-electron chi connectivity index (χ2n) is 5.54. The molecular formula is C17H25N3O4. The van der Waals surface area contributed by atoms with Gasteiger partial charge < -0.3 is 20.1 Å². The highest BCUT2D eigenvalue weighted by Gasteiger charge is 2.10. The van der Waals surface area contributed by atoms with Crippen LogP contribution in [0.4, 0.5) is 0 Å². The van der Waals surface area contributed by atoms with Crippen LogP contribution in [0.1, 0.15) is 6.42 Å². The monoisotopic (exact) mass is 335 g/mol. The van der Waals surface area contributed by atoms with E-state index in [0.717, 1.165) is 39.3 Å². The molecule has 0 aromatic heterocycles. The molecule has 1 heterocycles. The molecule has 1 aromatic rings. The SMILES string of the molecule is O=C(CNC(=O)COc1ccccc1)NCCCN1CCOCC1. The summed E-state index contributed by atoms with van der Waals surface area (Å²) in [4.78, 5) is 25.6. The molecule has 2 rings (SSSR count). The van der Waals surface area contributed by atoms with Gasteiger partial charge in [-0.05, 0) is 25.1 Å². The van der Waals surface area contributed by atoms with Crippen LogP contribution in [-0.2, 0) is 14.3 Å². The fourth-order valence-corrected chi connectivity index (χ4v) is 2.31. The molecule has 1 aromatic carbocycles. The summed E-state index contributed by atoms with van der Waals surface area (Å²) in [6.45, 7) is 4.88. The van der Waals surface area contributed by atoms with Crippen molar-refractivity contribution in [2.45, 2.75) is 6.42 Å². The Hall–Kier alpha value is -2.12. The van der Waals surface area contributed by atoms with Crippen molar-refractivity contribution in [3.8, 4) is 5.75 Å². The summed E-state index contributed by atoms with van der Waals surface area (Å²) >= 11 is 0. The molecule has 0 unspecified atom stereocenters. The molecule has 0 saturated carbocycles. The summed E-state index contributed by atoms with van der Waals surface area (Å²) in [7, 11) is 0. The minimum absolute atomic E-state index is 0.0332. The van der Waals surface area contributed by atoms with Crippen molar-refractivity contribution in [1.29, 1.82) is 0 Å². The summed E-state index contributed by atoms with van der Waals surface area (Å²) in [6.07, 6.45) is 0.886. The molecule has 7 heteroatoms. The number of carbonyl (C=O) groups excluding carboxylic acids is 2. The number of carbonyl (C=O) groups is 2. The van der Waals surface area contributed by atoms with E-state index in [2.05, 4.69) is 15.5 Å². The Bertz CT molecular complexity index is 504. The highest BCUT2D eigenvalue weighted by molar-refractivity contribution is 5.85. The van der Waals surface area contributed by atoms with Crippen LogP contribution in [-0.4, -0.2) is 69.3 Å². The van der Waals surface area contributed by atoms with Crippen LogP contribution < -0.4 is 15.4 Å². The van der Waals surface area contributed by atoms with Crippen LogP contribution in [0, 0.1) is 0 Å². The van der Waals surface area contributed by atoms with Gasteiger partial charge in [-0.1, -0.05) is 18.2 Å². The van der Waals surface area contributed by atoms with Gasteiger partial charge in [-0.15, -0.1) is 0 Å². The van der Waals surface area contributed by atoms with Crippen molar-refractivity contribution in [2.24, 2.45) is 0 Å². The van der Waals surface area contributed by atoms with E-state index in [9.17, 15) is 9.59 Å². The number of benzene rings is 1. The maximum atomic E-state index is 11.7. The lowest BCUT2D eigenvalue weighted by Crippen LogP contribution is -2.41. The fourth-order valence-electron chi connectivity index (χ4n) is 2.31. The predicted octanol–water partition coefficient (Wildman–Crippen LogP) is 0.0201. The number of nitrogens with zero attached hydrogens (tertiary/aromatic N) is 1. The molecule has 1 saturated heterocycles. The fraction of sp³-hybridized carbons (Fsp3) is 0.529. The standard InChI is InChI=1S/C17H25N3O4/c21-16(18-7-4-8-20-9-11-23-12-10-20)13-19-17(22)14-24-15-5-2-1-3-6-15/h1-3,5-6H,4,7-14H2,(H,18,21)(H,19,22). The van der Waals surface area contributed by atoms with Gasteiger partial charge in [-0.2, -0.15) is 0 Å². The van der Waals surface area contributed by atoms with Gasteiger partial charge in [0.25, 0.3) is 5.91 Å². The number of nitrogens with one attached hydrogen (secondary N) is 2. The maximum absolute atomic E-state index is 11.7. The number of amides is 2. The Morgan fingerprint density at radius 3 is 2.58 bits per heavy atom. The van der Waals surface area contributed by atoms with Crippen molar-refractivity contribution >= 4 is 11.8 Å². The molecule has 0 radical (unpaired) electrons. The van der Waals surface area contributed by atoms with Gasteiger partial charge in [-0.25, -0.2) is 0 Å². The third kappa shape index (κ3) is 7.43. The number of morpholine rings is 1. The first-order chi connectivity index (χ1) is 11.7. The van der Waals surface area contributed by atoms with E-state index in [-0.39, 0.29) is 25.0 Å². The van der Waals surface area contributed by atoms with Crippen molar-refractivity contribution in [3.05, 3.63) is 30.3 Å². The molecular weight excluding hydrogens is 310 g/mol. The Labute approximate surface area is 142 Å². The van der Waals surface area contributed by atoms with Crippen molar-refractivity contribution in [2.75, 3.05) is 52.5 Å². The van der Waals surface area contributed by atoms with Crippen molar-refractivity contribution in [3.63, 3.8) is 0 Å². The predicted molar refractivity (Wildman–Crippen MR) is 89.8 cm³/mol. The zero-order valence-electron chi connectivity index (χ0n) is 13.8. The number of hydrogen-bond donors (Lipinski definition) is 2. The molecule has 0 spiro atoms. The van der Waals surface area contributed by atoms with Crippen LogP contribution in [0.3, 0.4) is 0 Å². The van der Waals surface area contributed by atoms with E-state index >= 15 is 0 Å². The highest BCUT2D eigenvalue weighted by atomic mass is 16.5. The topological polar surface area (TPSA) is 79.9 Å². The average Bonchev–Trinajstić information content (AvgIpc) is 2.63. The van der Waals surface area contributed by atoms with Crippen molar-refractivity contribution < 1.29 is 19.1 Å². The minimum Gasteiger partial charge on any atom is -0.484 e. The normalized spacial score (nSPS) is 14.8. The zero-order valence-corrected chi connectivity index (χ0v) is 13.8. The Morgan fingerprint density at radius 1 is 1.08 bits per heavy atom. The lowest BCUT2D eigenvalue weighted by molar-refractivity contribution is -0.127. The number of rotatable bonds is 9. The molecule has 132 valence electrons. The van der Waals surface area contributed by atoms with E-state index < -0.39 is 0 Å². The third-order valence-electron chi connectivity index (χ3n) is 3.64. The van der Waals surface area contributed by atoms with Gasteiger partial charge in [0.05, 0.1) is 19.8 Å². The van der Waals surface area contributed by atoms with Gasteiger partial charge >= 0.3 is 0 Å². The van der Waals surface area contributed by atoms with E-state index in [4.69, 9.17) is 9.47 Å². The van der Waals surface area contributed by atoms with Gasteiger partial charge in [0.1, 0.15) is 5.75 Å². The number of para-hydroxylation sites is 1. The molecule has 2 amide bonds. The van der Waals surface area contributed by atoms with Crippen molar-refractivity contribution in [1.82, 2.24) is 15.5 Å². The van der Waals surface area contributed by atoms with Crippen LogP contribution in [0.15, 0.2) is 30.3 Å². The Kier molecular flexibility index (Phi) is 8.06.